The van der Waals surface area contributed by atoms with E-state index in [1.807, 2.05) is 4.90 Å². The zero-order chi connectivity index (χ0) is 18.9. The second-order valence-corrected chi connectivity index (χ2v) is 6.39. The van der Waals surface area contributed by atoms with Crippen LogP contribution in [0, 0.1) is 18.3 Å². The highest BCUT2D eigenvalue weighted by Gasteiger charge is 2.33. The molecule has 0 N–H and O–H groups in total. The molecule has 2 rings (SSSR count). The maximum absolute atomic E-state index is 13.1. The van der Waals surface area contributed by atoms with E-state index in [9.17, 15) is 13.2 Å². The Balaban J connectivity index is 0.000000970. The number of nitrogens with zero attached hydrogens (tertiary/aromatic N) is 3. The molecule has 0 bridgehead atoms. The van der Waals surface area contributed by atoms with Crippen LogP contribution < -0.4 is 0 Å². The smallest absolute Gasteiger partial charge is 0.300 e. The summed E-state index contributed by atoms with van der Waals surface area (Å²) in [5.41, 5.74) is 0.431. The van der Waals surface area contributed by atoms with E-state index in [-0.39, 0.29) is 0 Å². The quantitative estimate of drug-likeness (QED) is 0.799. The lowest BCUT2D eigenvalue weighted by Crippen LogP contribution is -2.46. The normalized spacial score (nSPS) is 16.0. The molecular formula is C19H28F3N3. The molecule has 6 heteroatoms. The predicted molar refractivity (Wildman–Crippen MR) is 94.1 cm³/mol. The van der Waals surface area contributed by atoms with E-state index >= 15 is 0 Å². The number of alkyl halides is 3. The van der Waals surface area contributed by atoms with Crippen molar-refractivity contribution in [1.82, 2.24) is 9.80 Å². The van der Waals surface area contributed by atoms with Crippen LogP contribution in [0.3, 0.4) is 0 Å². The van der Waals surface area contributed by atoms with Gasteiger partial charge in [0, 0.05) is 45.7 Å². The number of nitriles is 1. The highest BCUT2D eigenvalue weighted by Crippen LogP contribution is 2.33. The molecule has 1 aromatic rings. The highest BCUT2D eigenvalue weighted by molar-refractivity contribution is 5.33. The SMILES string of the molecule is CCC.Cc1ccc(CN2CCN(CCC#N)CC2)c(C(F)(F)F)c1. The molecule has 1 aliphatic rings. The predicted octanol–water partition coefficient (Wildman–Crippen LogP) is 4.46. The minimum absolute atomic E-state index is 0.321. The maximum Gasteiger partial charge on any atom is 0.416 e. The van der Waals surface area contributed by atoms with E-state index < -0.39 is 11.7 Å². The number of piperazine rings is 1. The molecule has 0 unspecified atom stereocenters. The summed E-state index contributed by atoms with van der Waals surface area (Å²) in [5, 5.41) is 8.58. The molecule has 140 valence electrons. The van der Waals surface area contributed by atoms with Crippen molar-refractivity contribution in [2.45, 2.75) is 46.3 Å². The summed E-state index contributed by atoms with van der Waals surface area (Å²) in [6.07, 6.45) is -2.56. The van der Waals surface area contributed by atoms with Gasteiger partial charge in [0.25, 0.3) is 0 Å². The van der Waals surface area contributed by atoms with E-state index in [4.69, 9.17) is 5.26 Å². The number of benzene rings is 1. The first-order valence-electron chi connectivity index (χ1n) is 8.80. The van der Waals surface area contributed by atoms with Crippen LogP contribution in [0.5, 0.6) is 0 Å². The van der Waals surface area contributed by atoms with Crippen LogP contribution in [-0.2, 0) is 12.7 Å². The molecule has 0 atom stereocenters. The monoisotopic (exact) mass is 355 g/mol. The molecule has 3 nitrogen and oxygen atoms in total. The average molecular weight is 355 g/mol. The summed E-state index contributed by atoms with van der Waals surface area (Å²) in [7, 11) is 0. The van der Waals surface area contributed by atoms with Gasteiger partial charge in [0.1, 0.15) is 0 Å². The number of aryl methyl sites for hydroxylation is 1. The fraction of sp³-hybridized carbons (Fsp3) is 0.632. The van der Waals surface area contributed by atoms with Gasteiger partial charge in [0.2, 0.25) is 0 Å². The van der Waals surface area contributed by atoms with Crippen LogP contribution in [0.4, 0.5) is 13.2 Å². The molecule has 25 heavy (non-hydrogen) atoms. The van der Waals surface area contributed by atoms with Crippen LogP contribution in [0.15, 0.2) is 18.2 Å². The van der Waals surface area contributed by atoms with Crippen LogP contribution >= 0.6 is 0 Å². The van der Waals surface area contributed by atoms with E-state index in [0.29, 0.717) is 24.1 Å². The molecule has 1 aliphatic heterocycles. The molecule has 0 spiro atoms. The molecule has 1 heterocycles. The van der Waals surface area contributed by atoms with Crippen molar-refractivity contribution in [3.8, 4) is 6.07 Å². The van der Waals surface area contributed by atoms with Gasteiger partial charge >= 0.3 is 6.18 Å². The fourth-order valence-corrected chi connectivity index (χ4v) is 2.71. The Bertz CT molecular complexity index is 556. The molecule has 1 saturated heterocycles. The zero-order valence-electron chi connectivity index (χ0n) is 15.4. The Morgan fingerprint density at radius 2 is 1.64 bits per heavy atom. The van der Waals surface area contributed by atoms with E-state index in [0.717, 1.165) is 32.7 Å². The topological polar surface area (TPSA) is 30.3 Å². The van der Waals surface area contributed by atoms with Crippen molar-refractivity contribution >= 4 is 0 Å². The third-order valence-corrected chi connectivity index (χ3v) is 3.97. The van der Waals surface area contributed by atoms with Crippen molar-refractivity contribution in [3.05, 3.63) is 34.9 Å². The first kappa shape index (κ1) is 21.5. The molecular weight excluding hydrogens is 327 g/mol. The zero-order valence-corrected chi connectivity index (χ0v) is 15.4. The minimum atomic E-state index is -4.31. The third-order valence-electron chi connectivity index (χ3n) is 3.97. The van der Waals surface area contributed by atoms with Gasteiger partial charge in [-0.2, -0.15) is 18.4 Å². The Kier molecular flexibility index (Phi) is 8.95. The Labute approximate surface area is 149 Å². The van der Waals surface area contributed by atoms with Gasteiger partial charge in [0.05, 0.1) is 11.6 Å². The summed E-state index contributed by atoms with van der Waals surface area (Å²) in [5.74, 6) is 0. The van der Waals surface area contributed by atoms with Crippen molar-refractivity contribution in [1.29, 1.82) is 5.26 Å². The number of rotatable bonds is 4. The molecule has 0 amide bonds. The van der Waals surface area contributed by atoms with E-state index in [1.165, 1.54) is 12.5 Å². The van der Waals surface area contributed by atoms with Crippen LogP contribution in [0.2, 0.25) is 0 Å². The lowest BCUT2D eigenvalue weighted by molar-refractivity contribution is -0.138. The lowest BCUT2D eigenvalue weighted by atomic mass is 10.0. The second kappa shape index (κ2) is 10.4. The standard InChI is InChI=1S/C16H20F3N3.C3H8/c1-13-3-4-14(15(11-13)16(17,18)19)12-22-9-7-21(8-10-22)6-2-5-20;1-3-2/h3-4,11H,2,6-10,12H2,1H3;3H2,1-2H3. The summed E-state index contributed by atoms with van der Waals surface area (Å²) in [6, 6.07) is 6.65. The van der Waals surface area contributed by atoms with Crippen molar-refractivity contribution in [2.75, 3.05) is 32.7 Å². The maximum atomic E-state index is 13.1. The van der Waals surface area contributed by atoms with E-state index in [1.54, 1.807) is 19.1 Å². The number of halogens is 3. The lowest BCUT2D eigenvalue weighted by Gasteiger charge is -2.34. The summed E-state index contributed by atoms with van der Waals surface area (Å²) in [6.45, 7) is 10.0. The molecule has 0 aliphatic carbocycles. The number of hydrogen-bond acceptors (Lipinski definition) is 3. The average Bonchev–Trinajstić information content (AvgIpc) is 2.55. The Morgan fingerprint density at radius 3 is 2.16 bits per heavy atom. The third kappa shape index (κ3) is 7.45. The van der Waals surface area contributed by atoms with Gasteiger partial charge < -0.3 is 0 Å². The molecule has 0 radical (unpaired) electrons. The van der Waals surface area contributed by atoms with Crippen LogP contribution in [0.25, 0.3) is 0 Å². The molecule has 0 aromatic heterocycles. The van der Waals surface area contributed by atoms with E-state index in [2.05, 4.69) is 24.8 Å². The van der Waals surface area contributed by atoms with Gasteiger partial charge in [-0.15, -0.1) is 0 Å². The van der Waals surface area contributed by atoms with Crippen LogP contribution in [0.1, 0.15) is 43.4 Å². The van der Waals surface area contributed by atoms with Gasteiger partial charge in [-0.05, 0) is 18.6 Å². The second-order valence-electron chi connectivity index (χ2n) is 6.39. The van der Waals surface area contributed by atoms with Crippen LogP contribution in [-0.4, -0.2) is 42.5 Å². The first-order valence-corrected chi connectivity index (χ1v) is 8.80. The van der Waals surface area contributed by atoms with Gasteiger partial charge in [-0.1, -0.05) is 38.0 Å². The summed E-state index contributed by atoms with van der Waals surface area (Å²) < 4.78 is 39.4. The van der Waals surface area contributed by atoms with Crippen molar-refractivity contribution in [2.24, 2.45) is 0 Å². The Hall–Kier alpha value is -1.58. The van der Waals surface area contributed by atoms with Gasteiger partial charge in [-0.25, -0.2) is 0 Å². The van der Waals surface area contributed by atoms with Crippen molar-refractivity contribution in [3.63, 3.8) is 0 Å². The number of hydrogen-bond donors (Lipinski definition) is 0. The van der Waals surface area contributed by atoms with Crippen molar-refractivity contribution < 1.29 is 13.2 Å². The van der Waals surface area contributed by atoms with Gasteiger partial charge in [-0.3, -0.25) is 9.80 Å². The summed E-state index contributed by atoms with van der Waals surface area (Å²) >= 11 is 0. The fourth-order valence-electron chi connectivity index (χ4n) is 2.71. The minimum Gasteiger partial charge on any atom is -0.300 e. The molecule has 1 fully saturated rings. The molecule has 1 aromatic carbocycles. The van der Waals surface area contributed by atoms with Gasteiger partial charge in [0.15, 0.2) is 0 Å². The summed E-state index contributed by atoms with van der Waals surface area (Å²) in [4.78, 5) is 4.22. The highest BCUT2D eigenvalue weighted by atomic mass is 19.4. The molecule has 0 saturated carbocycles. The largest absolute Gasteiger partial charge is 0.416 e. The first-order chi connectivity index (χ1) is 11.8. The Morgan fingerprint density at radius 1 is 1.08 bits per heavy atom.